The minimum absolute atomic E-state index is 0.111. The minimum atomic E-state index is -3.63. The smallest absolute Gasteiger partial charge is 0.263 e. The van der Waals surface area contributed by atoms with Crippen LogP contribution in [0.15, 0.2) is 63.3 Å². The van der Waals surface area contributed by atoms with Crippen molar-refractivity contribution >= 4 is 39.2 Å². The number of carbonyl (C=O) groups excluding carboxylic acids is 1. The van der Waals surface area contributed by atoms with Crippen LogP contribution in [0.4, 0.5) is 5.69 Å². The summed E-state index contributed by atoms with van der Waals surface area (Å²) in [7, 11) is -3.63. The van der Waals surface area contributed by atoms with Crippen molar-refractivity contribution in [1.29, 1.82) is 0 Å². The van der Waals surface area contributed by atoms with Gasteiger partial charge in [-0.15, -0.1) is 11.8 Å². The number of carbonyl (C=O) groups is 1. The van der Waals surface area contributed by atoms with Crippen molar-refractivity contribution in [3.63, 3.8) is 0 Å². The van der Waals surface area contributed by atoms with E-state index in [9.17, 15) is 13.2 Å². The van der Waals surface area contributed by atoms with Crippen LogP contribution in [0.5, 0.6) is 0 Å². The van der Waals surface area contributed by atoms with Gasteiger partial charge >= 0.3 is 0 Å². The number of hydrogen-bond acceptors (Lipinski definition) is 5. The van der Waals surface area contributed by atoms with Crippen LogP contribution in [0.1, 0.15) is 19.4 Å². The summed E-state index contributed by atoms with van der Waals surface area (Å²) in [6, 6.07) is 13.4. The summed E-state index contributed by atoms with van der Waals surface area (Å²) in [5.74, 6) is -0.185. The fraction of sp³-hybridized carbons (Fsp3) is 0.263. The van der Waals surface area contributed by atoms with Gasteiger partial charge in [0.1, 0.15) is 11.9 Å². The second kappa shape index (κ2) is 7.74. The Hall–Kier alpha value is -2.32. The first kappa shape index (κ1) is 19.4. The summed E-state index contributed by atoms with van der Waals surface area (Å²) in [6.45, 7) is 3.75. The molecule has 6 nitrogen and oxygen atoms in total. The Balaban J connectivity index is 1.88. The molecule has 1 aliphatic heterocycles. The zero-order valence-electron chi connectivity index (χ0n) is 15.3. The van der Waals surface area contributed by atoms with Gasteiger partial charge in [-0.3, -0.25) is 14.5 Å². The number of benzene rings is 2. The zero-order valence-corrected chi connectivity index (χ0v) is 16.9. The first-order valence-electron chi connectivity index (χ1n) is 8.47. The molecule has 1 amide bonds. The van der Waals surface area contributed by atoms with Crippen LogP contribution in [0.2, 0.25) is 0 Å². The van der Waals surface area contributed by atoms with Crippen molar-refractivity contribution in [3.05, 3.63) is 54.1 Å². The van der Waals surface area contributed by atoms with Gasteiger partial charge in [0.25, 0.3) is 10.0 Å². The van der Waals surface area contributed by atoms with E-state index >= 15 is 0 Å². The lowest BCUT2D eigenvalue weighted by atomic mass is 10.0. The van der Waals surface area contributed by atoms with Crippen molar-refractivity contribution in [2.75, 3.05) is 11.6 Å². The van der Waals surface area contributed by atoms with E-state index in [0.29, 0.717) is 11.3 Å². The summed E-state index contributed by atoms with van der Waals surface area (Å²) in [4.78, 5) is 18.5. The van der Waals surface area contributed by atoms with E-state index in [2.05, 4.69) is 15.0 Å². The number of sulfonamides is 1. The van der Waals surface area contributed by atoms with Crippen LogP contribution in [-0.2, 0) is 14.8 Å². The Morgan fingerprint density at radius 3 is 2.41 bits per heavy atom. The molecule has 0 saturated heterocycles. The van der Waals surface area contributed by atoms with E-state index in [4.69, 9.17) is 0 Å². The molecule has 0 unspecified atom stereocenters. The third-order valence-corrected chi connectivity index (χ3v) is 6.33. The SMILES string of the molecule is CSc1ccc(NC(=O)[C@@H](N=C2NS(=O)(=O)c3ccccc32)C(C)C)cc1. The number of anilines is 1. The van der Waals surface area contributed by atoms with Crippen molar-refractivity contribution < 1.29 is 13.2 Å². The molecule has 2 aromatic rings. The molecule has 3 rings (SSSR count). The van der Waals surface area contributed by atoms with Crippen LogP contribution in [-0.4, -0.2) is 32.5 Å². The maximum atomic E-state index is 12.8. The number of amidine groups is 1. The van der Waals surface area contributed by atoms with E-state index in [0.717, 1.165) is 4.90 Å². The van der Waals surface area contributed by atoms with Crippen LogP contribution in [0, 0.1) is 5.92 Å². The number of aliphatic imine (C=N–C) groups is 1. The molecule has 27 heavy (non-hydrogen) atoms. The zero-order chi connectivity index (χ0) is 19.6. The highest BCUT2D eigenvalue weighted by Gasteiger charge is 2.32. The van der Waals surface area contributed by atoms with Gasteiger partial charge < -0.3 is 5.32 Å². The molecule has 2 N–H and O–H groups in total. The first-order chi connectivity index (χ1) is 12.8. The number of nitrogens with one attached hydrogen (secondary N) is 2. The largest absolute Gasteiger partial charge is 0.324 e. The van der Waals surface area contributed by atoms with Crippen molar-refractivity contribution in [3.8, 4) is 0 Å². The lowest BCUT2D eigenvalue weighted by Crippen LogP contribution is -2.34. The molecule has 1 heterocycles. The second-order valence-electron chi connectivity index (χ2n) is 6.49. The van der Waals surface area contributed by atoms with Crippen LogP contribution >= 0.6 is 11.8 Å². The van der Waals surface area contributed by atoms with Gasteiger partial charge in [0, 0.05) is 16.1 Å². The summed E-state index contributed by atoms with van der Waals surface area (Å²) in [5.41, 5.74) is 1.16. The van der Waals surface area contributed by atoms with Gasteiger partial charge in [-0.1, -0.05) is 26.0 Å². The average molecular weight is 404 g/mol. The second-order valence-corrected chi connectivity index (χ2v) is 9.02. The van der Waals surface area contributed by atoms with Crippen molar-refractivity contribution in [2.24, 2.45) is 10.9 Å². The highest BCUT2D eigenvalue weighted by atomic mass is 32.2. The summed E-state index contributed by atoms with van der Waals surface area (Å²) >= 11 is 1.62. The Bertz CT molecular complexity index is 984. The number of fused-ring (bicyclic) bond motifs is 1. The van der Waals surface area contributed by atoms with E-state index in [1.54, 1.807) is 30.0 Å². The van der Waals surface area contributed by atoms with E-state index in [1.165, 1.54) is 6.07 Å². The monoisotopic (exact) mass is 403 g/mol. The maximum Gasteiger partial charge on any atom is 0.263 e. The lowest BCUT2D eigenvalue weighted by Gasteiger charge is -2.17. The summed E-state index contributed by atoms with van der Waals surface area (Å²) in [5, 5.41) is 2.86. The average Bonchev–Trinajstić information content (AvgIpc) is 2.90. The molecule has 0 spiro atoms. The van der Waals surface area contributed by atoms with E-state index in [1.807, 2.05) is 44.4 Å². The number of amides is 1. The number of hydrogen-bond donors (Lipinski definition) is 2. The highest BCUT2D eigenvalue weighted by Crippen LogP contribution is 2.24. The number of rotatable bonds is 5. The van der Waals surface area contributed by atoms with Crippen molar-refractivity contribution in [1.82, 2.24) is 4.72 Å². The Morgan fingerprint density at radius 1 is 1.11 bits per heavy atom. The predicted molar refractivity (Wildman–Crippen MR) is 109 cm³/mol. The predicted octanol–water partition coefficient (Wildman–Crippen LogP) is 3.11. The fourth-order valence-corrected chi connectivity index (χ4v) is 4.42. The maximum absolute atomic E-state index is 12.8. The molecule has 0 aromatic heterocycles. The van der Waals surface area contributed by atoms with Gasteiger partial charge in [0.05, 0.1) is 4.90 Å². The molecule has 0 saturated carbocycles. The molecule has 0 aliphatic carbocycles. The van der Waals surface area contributed by atoms with Crippen LogP contribution in [0.25, 0.3) is 0 Å². The quantitative estimate of drug-likeness (QED) is 0.751. The fourth-order valence-electron chi connectivity index (χ4n) is 2.77. The van der Waals surface area contributed by atoms with Gasteiger partial charge in [0.2, 0.25) is 5.91 Å². The number of thioether (sulfide) groups is 1. The van der Waals surface area contributed by atoms with Crippen molar-refractivity contribution in [2.45, 2.75) is 29.7 Å². The van der Waals surface area contributed by atoms with Gasteiger partial charge in [-0.25, -0.2) is 8.42 Å². The third-order valence-electron chi connectivity index (χ3n) is 4.19. The van der Waals surface area contributed by atoms with E-state index in [-0.39, 0.29) is 22.6 Å². The Labute approximate surface area is 163 Å². The van der Waals surface area contributed by atoms with Gasteiger partial charge in [-0.05, 0) is 48.6 Å². The van der Waals surface area contributed by atoms with E-state index < -0.39 is 16.1 Å². The normalized spacial score (nSPS) is 17.4. The summed E-state index contributed by atoms with van der Waals surface area (Å²) in [6.07, 6.45) is 1.99. The number of nitrogens with zero attached hydrogens (tertiary/aromatic N) is 1. The lowest BCUT2D eigenvalue weighted by molar-refractivity contribution is -0.118. The third kappa shape index (κ3) is 4.17. The molecule has 1 aliphatic rings. The Kier molecular flexibility index (Phi) is 5.57. The van der Waals surface area contributed by atoms with Crippen LogP contribution in [0.3, 0.4) is 0 Å². The van der Waals surface area contributed by atoms with Gasteiger partial charge in [0.15, 0.2) is 0 Å². The molecule has 0 fully saturated rings. The first-order valence-corrected chi connectivity index (χ1v) is 11.2. The highest BCUT2D eigenvalue weighted by molar-refractivity contribution is 7.98. The minimum Gasteiger partial charge on any atom is -0.324 e. The molecule has 0 bridgehead atoms. The Morgan fingerprint density at radius 2 is 1.78 bits per heavy atom. The molecular weight excluding hydrogens is 382 g/mol. The van der Waals surface area contributed by atoms with Crippen LogP contribution < -0.4 is 10.0 Å². The topological polar surface area (TPSA) is 87.6 Å². The standard InChI is InChI=1S/C19H21N3O3S2/c1-12(2)17(19(23)20-13-8-10-14(26-3)11-9-13)21-18-15-6-4-5-7-16(15)27(24,25)22-18/h4-12,17H,1-3H3,(H,20,23)(H,21,22)/t17-/m0/s1. The van der Waals surface area contributed by atoms with Gasteiger partial charge in [-0.2, -0.15) is 0 Å². The molecular formula is C19H21N3O3S2. The molecule has 1 atom stereocenters. The molecule has 0 radical (unpaired) electrons. The molecule has 2 aromatic carbocycles. The summed E-state index contributed by atoms with van der Waals surface area (Å²) < 4.78 is 26.9. The molecule has 142 valence electrons. The molecule has 8 heteroatoms.